The third kappa shape index (κ3) is 5.45. The summed E-state index contributed by atoms with van der Waals surface area (Å²) < 4.78 is 16.0. The number of aliphatic hydroxyl groups excluding tert-OH is 4. The maximum Gasteiger partial charge on any atom is 0.193 e. The molecule has 152 valence electrons. The van der Waals surface area contributed by atoms with Gasteiger partial charge < -0.3 is 39.7 Å². The summed E-state index contributed by atoms with van der Waals surface area (Å²) in [5, 5.41) is 48.1. The average molecular weight is 386 g/mol. The molecule has 2 rings (SSSR count). The molecule has 1 aliphatic rings. The molecule has 5 atom stereocenters. The van der Waals surface area contributed by atoms with Crippen molar-refractivity contribution >= 4 is 5.78 Å². The standard InChI is InChI=1S/C18H26O9/c1-18(2,24)16(23)10-3-5-11(6-4-10)25-7-8-26-17-15(22)14(21)13(20)12(9-19)27-17/h3-6,12-15,17,19-22,24H,7-9H2,1-2H3/t12-,13-,14+,15-,17-/m1/s1. The zero-order valence-electron chi connectivity index (χ0n) is 15.2. The van der Waals surface area contributed by atoms with E-state index in [9.17, 15) is 25.2 Å². The number of carbonyl (C=O) groups is 1. The number of hydrogen-bond acceptors (Lipinski definition) is 9. The Kier molecular flexibility index (Phi) is 7.29. The first-order valence-electron chi connectivity index (χ1n) is 8.57. The molecule has 0 unspecified atom stereocenters. The molecule has 0 amide bonds. The molecule has 9 nitrogen and oxygen atoms in total. The Morgan fingerprint density at radius 1 is 1.07 bits per heavy atom. The van der Waals surface area contributed by atoms with E-state index in [0.717, 1.165) is 0 Å². The summed E-state index contributed by atoms with van der Waals surface area (Å²) in [6, 6.07) is 6.22. The van der Waals surface area contributed by atoms with Crippen molar-refractivity contribution in [2.24, 2.45) is 0 Å². The summed E-state index contributed by atoms with van der Waals surface area (Å²) in [5.74, 6) is 0.0692. The summed E-state index contributed by atoms with van der Waals surface area (Å²) in [6.07, 6.45) is -6.64. The minimum absolute atomic E-state index is 0.00699. The third-order valence-corrected chi connectivity index (χ3v) is 4.15. The topological polar surface area (TPSA) is 146 Å². The number of carbonyl (C=O) groups excluding carboxylic acids is 1. The second kappa shape index (κ2) is 9.07. The fraction of sp³-hybridized carbons (Fsp3) is 0.611. The number of hydrogen-bond donors (Lipinski definition) is 5. The van der Waals surface area contributed by atoms with E-state index in [2.05, 4.69) is 0 Å². The van der Waals surface area contributed by atoms with Crippen molar-refractivity contribution < 1.29 is 44.5 Å². The van der Waals surface area contributed by atoms with Gasteiger partial charge in [-0.2, -0.15) is 0 Å². The zero-order valence-corrected chi connectivity index (χ0v) is 15.2. The van der Waals surface area contributed by atoms with Gasteiger partial charge in [0.2, 0.25) is 0 Å². The van der Waals surface area contributed by atoms with Crippen LogP contribution in [0.5, 0.6) is 5.75 Å². The highest BCUT2D eigenvalue weighted by molar-refractivity contribution is 6.01. The molecule has 1 aliphatic heterocycles. The molecule has 1 heterocycles. The van der Waals surface area contributed by atoms with E-state index in [1.165, 1.54) is 26.0 Å². The number of benzene rings is 1. The molecule has 27 heavy (non-hydrogen) atoms. The van der Waals surface area contributed by atoms with Crippen LogP contribution in [0.15, 0.2) is 24.3 Å². The molecule has 0 aliphatic carbocycles. The second-order valence-electron chi connectivity index (χ2n) is 6.83. The third-order valence-electron chi connectivity index (χ3n) is 4.15. The Morgan fingerprint density at radius 3 is 2.26 bits per heavy atom. The number of aliphatic hydroxyl groups is 5. The lowest BCUT2D eigenvalue weighted by molar-refractivity contribution is -0.301. The Morgan fingerprint density at radius 2 is 1.70 bits per heavy atom. The predicted octanol–water partition coefficient (Wildman–Crippen LogP) is -1.16. The maximum atomic E-state index is 11.9. The van der Waals surface area contributed by atoms with Crippen LogP contribution in [0.25, 0.3) is 0 Å². The van der Waals surface area contributed by atoms with Gasteiger partial charge in [-0.05, 0) is 38.1 Å². The number of Topliss-reactive ketones (excluding diaryl/α,β-unsaturated/α-hetero) is 1. The summed E-state index contributed by atoms with van der Waals surface area (Å²) in [5.41, 5.74) is -1.10. The van der Waals surface area contributed by atoms with Crippen molar-refractivity contribution in [3.8, 4) is 5.75 Å². The minimum atomic E-state index is -1.50. The van der Waals surface area contributed by atoms with E-state index in [0.29, 0.717) is 11.3 Å². The highest BCUT2D eigenvalue weighted by atomic mass is 16.7. The molecular formula is C18H26O9. The van der Waals surface area contributed by atoms with Gasteiger partial charge in [0.05, 0.1) is 13.2 Å². The summed E-state index contributed by atoms with van der Waals surface area (Å²) in [7, 11) is 0. The SMILES string of the molecule is CC(C)(O)C(=O)c1ccc(OCCO[C@@H]2O[C@H](CO)[C@@H](O)[C@H](O)[C@H]2O)cc1. The predicted molar refractivity (Wildman–Crippen MR) is 92.3 cm³/mol. The lowest BCUT2D eigenvalue weighted by Gasteiger charge is -2.39. The van der Waals surface area contributed by atoms with Crippen LogP contribution in [-0.2, 0) is 9.47 Å². The Balaban J connectivity index is 1.80. The zero-order chi connectivity index (χ0) is 20.2. The van der Waals surface area contributed by atoms with E-state index in [1.807, 2.05) is 0 Å². The van der Waals surface area contributed by atoms with E-state index in [-0.39, 0.29) is 13.2 Å². The Hall–Kier alpha value is -1.59. The normalized spacial score (nSPS) is 28.8. The van der Waals surface area contributed by atoms with Crippen LogP contribution in [0.2, 0.25) is 0 Å². The van der Waals surface area contributed by atoms with Crippen molar-refractivity contribution in [2.45, 2.75) is 50.2 Å². The van der Waals surface area contributed by atoms with Crippen molar-refractivity contribution in [3.05, 3.63) is 29.8 Å². The molecule has 0 bridgehead atoms. The van der Waals surface area contributed by atoms with Crippen LogP contribution < -0.4 is 4.74 Å². The number of ether oxygens (including phenoxy) is 3. The van der Waals surface area contributed by atoms with Crippen LogP contribution in [-0.4, -0.2) is 87.4 Å². The van der Waals surface area contributed by atoms with Gasteiger partial charge in [-0.25, -0.2) is 0 Å². The van der Waals surface area contributed by atoms with E-state index in [1.54, 1.807) is 12.1 Å². The van der Waals surface area contributed by atoms with Crippen LogP contribution in [0.1, 0.15) is 24.2 Å². The van der Waals surface area contributed by atoms with Crippen LogP contribution in [0.4, 0.5) is 0 Å². The van der Waals surface area contributed by atoms with E-state index < -0.39 is 48.7 Å². The molecule has 1 fully saturated rings. The molecular weight excluding hydrogens is 360 g/mol. The lowest BCUT2D eigenvalue weighted by Crippen LogP contribution is -2.59. The van der Waals surface area contributed by atoms with Crippen LogP contribution in [0.3, 0.4) is 0 Å². The maximum absolute atomic E-state index is 11.9. The molecule has 5 N–H and O–H groups in total. The van der Waals surface area contributed by atoms with Gasteiger partial charge in [0, 0.05) is 5.56 Å². The summed E-state index contributed by atoms with van der Waals surface area (Å²) >= 11 is 0. The molecule has 0 spiro atoms. The first kappa shape index (κ1) is 21.7. The largest absolute Gasteiger partial charge is 0.491 e. The lowest BCUT2D eigenvalue weighted by atomic mass is 9.97. The smallest absolute Gasteiger partial charge is 0.193 e. The minimum Gasteiger partial charge on any atom is -0.491 e. The van der Waals surface area contributed by atoms with Gasteiger partial charge in [-0.1, -0.05) is 0 Å². The van der Waals surface area contributed by atoms with E-state index >= 15 is 0 Å². The highest BCUT2D eigenvalue weighted by Gasteiger charge is 2.43. The second-order valence-corrected chi connectivity index (χ2v) is 6.83. The molecule has 1 aromatic rings. The molecule has 0 radical (unpaired) electrons. The fourth-order valence-electron chi connectivity index (χ4n) is 2.58. The van der Waals surface area contributed by atoms with Gasteiger partial charge >= 0.3 is 0 Å². The Labute approximate surface area is 156 Å². The Bertz CT molecular complexity index is 608. The molecule has 1 aromatic carbocycles. The molecule has 0 aromatic heterocycles. The van der Waals surface area contributed by atoms with Crippen LogP contribution >= 0.6 is 0 Å². The van der Waals surface area contributed by atoms with Crippen molar-refractivity contribution in [1.82, 2.24) is 0 Å². The number of ketones is 1. The summed E-state index contributed by atoms with van der Waals surface area (Å²) in [4.78, 5) is 11.9. The van der Waals surface area contributed by atoms with Crippen molar-refractivity contribution in [2.75, 3.05) is 19.8 Å². The monoisotopic (exact) mass is 386 g/mol. The fourth-order valence-corrected chi connectivity index (χ4v) is 2.58. The average Bonchev–Trinajstić information content (AvgIpc) is 2.64. The number of rotatable bonds is 8. The molecule has 0 saturated carbocycles. The van der Waals surface area contributed by atoms with Gasteiger partial charge in [-0.15, -0.1) is 0 Å². The molecule has 1 saturated heterocycles. The van der Waals surface area contributed by atoms with Gasteiger partial charge in [0.1, 0.15) is 42.4 Å². The van der Waals surface area contributed by atoms with Gasteiger partial charge in [0.25, 0.3) is 0 Å². The summed E-state index contributed by atoms with van der Waals surface area (Å²) in [6.45, 7) is 2.39. The quantitative estimate of drug-likeness (QED) is 0.276. The van der Waals surface area contributed by atoms with E-state index in [4.69, 9.17) is 19.3 Å². The van der Waals surface area contributed by atoms with Crippen molar-refractivity contribution in [1.29, 1.82) is 0 Å². The van der Waals surface area contributed by atoms with Gasteiger partial charge in [0.15, 0.2) is 12.1 Å². The first-order valence-corrected chi connectivity index (χ1v) is 8.57. The highest BCUT2D eigenvalue weighted by Crippen LogP contribution is 2.22. The van der Waals surface area contributed by atoms with Crippen molar-refractivity contribution in [3.63, 3.8) is 0 Å². The van der Waals surface area contributed by atoms with Gasteiger partial charge in [-0.3, -0.25) is 4.79 Å². The first-order chi connectivity index (χ1) is 12.6. The van der Waals surface area contributed by atoms with Crippen LogP contribution in [0, 0.1) is 0 Å². The molecule has 9 heteroatoms.